The Balaban J connectivity index is 1.53. The number of hydrogen-bond acceptors (Lipinski definition) is 4. The summed E-state index contributed by atoms with van der Waals surface area (Å²) < 4.78 is 0. The number of nitrogens with zero attached hydrogens (tertiary/aromatic N) is 2. The largest absolute Gasteiger partial charge is 0.352 e. The van der Waals surface area contributed by atoms with Crippen molar-refractivity contribution >= 4 is 28.8 Å². The number of benzene rings is 2. The number of thiazole rings is 1. The summed E-state index contributed by atoms with van der Waals surface area (Å²) in [5.41, 5.74) is 3.99. The maximum Gasteiger partial charge on any atom is 0.226 e. The zero-order valence-corrected chi connectivity index (χ0v) is 17.0. The zero-order chi connectivity index (χ0) is 19.2. The Labute approximate surface area is 168 Å². The highest BCUT2D eigenvalue weighted by atomic mass is 35.5. The van der Waals surface area contributed by atoms with Gasteiger partial charge in [-0.25, -0.2) is 4.98 Å². The molecule has 0 unspecified atom stereocenters. The first kappa shape index (κ1) is 19.5. The molecule has 0 aliphatic carbocycles. The highest BCUT2D eigenvalue weighted by molar-refractivity contribution is 7.13. The standard InChI is InChI=1S/C21H22ClN3OS/c1-25(2)13-16-9-7-15(8-10-16)12-23-20(26)11-17-14-27-21(24-17)18-5-3-4-6-19(18)22/h3-10,14H,11-13H2,1-2H3,(H,23,26). The van der Waals surface area contributed by atoms with Crippen molar-refractivity contribution in [3.8, 4) is 10.6 Å². The summed E-state index contributed by atoms with van der Waals surface area (Å²) in [7, 11) is 4.09. The highest BCUT2D eigenvalue weighted by Crippen LogP contribution is 2.30. The summed E-state index contributed by atoms with van der Waals surface area (Å²) >= 11 is 7.71. The van der Waals surface area contributed by atoms with E-state index in [1.165, 1.54) is 16.9 Å². The molecule has 0 atom stereocenters. The minimum absolute atomic E-state index is 0.0385. The molecule has 0 radical (unpaired) electrons. The van der Waals surface area contributed by atoms with Gasteiger partial charge in [0.15, 0.2) is 0 Å². The van der Waals surface area contributed by atoms with Crippen LogP contribution in [0.3, 0.4) is 0 Å². The normalized spacial score (nSPS) is 11.0. The average molecular weight is 400 g/mol. The van der Waals surface area contributed by atoms with E-state index < -0.39 is 0 Å². The van der Waals surface area contributed by atoms with E-state index in [0.717, 1.165) is 28.4 Å². The van der Waals surface area contributed by atoms with Crippen LogP contribution in [0.1, 0.15) is 16.8 Å². The Morgan fingerprint density at radius 3 is 2.52 bits per heavy atom. The quantitative estimate of drug-likeness (QED) is 0.641. The van der Waals surface area contributed by atoms with Crippen LogP contribution in [0.2, 0.25) is 5.02 Å². The van der Waals surface area contributed by atoms with E-state index in [1.54, 1.807) is 0 Å². The van der Waals surface area contributed by atoms with Crippen LogP contribution in [0, 0.1) is 0 Å². The second kappa shape index (κ2) is 9.13. The van der Waals surface area contributed by atoms with Crippen LogP contribution in [0.25, 0.3) is 10.6 Å². The van der Waals surface area contributed by atoms with Crippen LogP contribution in [-0.4, -0.2) is 29.9 Å². The van der Waals surface area contributed by atoms with E-state index in [9.17, 15) is 4.79 Å². The number of nitrogens with one attached hydrogen (secondary N) is 1. The topological polar surface area (TPSA) is 45.2 Å². The van der Waals surface area contributed by atoms with Crippen molar-refractivity contribution in [2.24, 2.45) is 0 Å². The van der Waals surface area contributed by atoms with Crippen molar-refractivity contribution in [2.45, 2.75) is 19.5 Å². The van der Waals surface area contributed by atoms with Gasteiger partial charge < -0.3 is 10.2 Å². The molecular formula is C21H22ClN3OS. The van der Waals surface area contributed by atoms with Crippen molar-refractivity contribution in [3.63, 3.8) is 0 Å². The predicted molar refractivity (Wildman–Crippen MR) is 112 cm³/mol. The van der Waals surface area contributed by atoms with E-state index >= 15 is 0 Å². The highest BCUT2D eigenvalue weighted by Gasteiger charge is 2.11. The Hall–Kier alpha value is -2.21. The molecule has 1 N–H and O–H groups in total. The fraction of sp³-hybridized carbons (Fsp3) is 0.238. The van der Waals surface area contributed by atoms with Gasteiger partial charge in [0.25, 0.3) is 0 Å². The Bertz CT molecular complexity index is 906. The number of carbonyl (C=O) groups excluding carboxylic acids is 1. The summed E-state index contributed by atoms with van der Waals surface area (Å²) in [6.45, 7) is 1.42. The fourth-order valence-corrected chi connectivity index (χ4v) is 3.84. The number of aromatic nitrogens is 1. The molecule has 0 aliphatic heterocycles. The van der Waals surface area contributed by atoms with Crippen LogP contribution in [0.15, 0.2) is 53.9 Å². The Morgan fingerprint density at radius 2 is 1.81 bits per heavy atom. The predicted octanol–water partition coefficient (Wildman–Crippen LogP) is 4.38. The second-order valence-electron chi connectivity index (χ2n) is 6.63. The first-order valence-electron chi connectivity index (χ1n) is 8.70. The van der Waals surface area contributed by atoms with E-state index in [0.29, 0.717) is 11.6 Å². The molecule has 1 heterocycles. The van der Waals surface area contributed by atoms with Gasteiger partial charge in [-0.3, -0.25) is 4.79 Å². The molecule has 0 saturated carbocycles. The number of carbonyl (C=O) groups is 1. The molecule has 0 aliphatic rings. The summed E-state index contributed by atoms with van der Waals surface area (Å²) in [5, 5.41) is 6.37. The third kappa shape index (κ3) is 5.63. The van der Waals surface area contributed by atoms with E-state index in [-0.39, 0.29) is 12.3 Å². The molecular weight excluding hydrogens is 378 g/mol. The van der Waals surface area contributed by atoms with E-state index in [4.69, 9.17) is 11.6 Å². The monoisotopic (exact) mass is 399 g/mol. The van der Waals surface area contributed by atoms with Gasteiger partial charge in [-0.05, 0) is 31.3 Å². The Kier molecular flexibility index (Phi) is 6.61. The number of amides is 1. The lowest BCUT2D eigenvalue weighted by Crippen LogP contribution is -2.24. The first-order valence-corrected chi connectivity index (χ1v) is 9.95. The molecule has 0 spiro atoms. The molecule has 27 heavy (non-hydrogen) atoms. The van der Waals surface area contributed by atoms with Crippen molar-refractivity contribution < 1.29 is 4.79 Å². The van der Waals surface area contributed by atoms with Crippen molar-refractivity contribution in [3.05, 3.63) is 75.8 Å². The molecule has 0 fully saturated rings. The Morgan fingerprint density at radius 1 is 1.11 bits per heavy atom. The fourth-order valence-electron chi connectivity index (χ4n) is 2.70. The second-order valence-corrected chi connectivity index (χ2v) is 7.90. The van der Waals surface area contributed by atoms with Crippen LogP contribution in [-0.2, 0) is 24.3 Å². The number of hydrogen-bond donors (Lipinski definition) is 1. The van der Waals surface area contributed by atoms with Crippen molar-refractivity contribution in [1.29, 1.82) is 0 Å². The SMILES string of the molecule is CN(C)Cc1ccc(CNC(=O)Cc2csc(-c3ccccc3Cl)n2)cc1. The number of rotatable bonds is 7. The third-order valence-corrected chi connectivity index (χ3v) is 5.26. The maximum atomic E-state index is 12.2. The summed E-state index contributed by atoms with van der Waals surface area (Å²) in [6.07, 6.45) is 0.264. The molecule has 3 rings (SSSR count). The third-order valence-electron chi connectivity index (χ3n) is 4.01. The van der Waals surface area contributed by atoms with Crippen molar-refractivity contribution in [1.82, 2.24) is 15.2 Å². The lowest BCUT2D eigenvalue weighted by molar-refractivity contribution is -0.120. The van der Waals surface area contributed by atoms with Gasteiger partial charge >= 0.3 is 0 Å². The summed E-state index contributed by atoms with van der Waals surface area (Å²) in [4.78, 5) is 18.9. The van der Waals surface area contributed by atoms with Gasteiger partial charge in [0.1, 0.15) is 5.01 Å². The molecule has 2 aromatic carbocycles. The average Bonchev–Trinajstić information content (AvgIpc) is 3.09. The van der Waals surface area contributed by atoms with Gasteiger partial charge in [0.05, 0.1) is 17.1 Å². The van der Waals surface area contributed by atoms with Gasteiger partial charge in [-0.2, -0.15) is 0 Å². The van der Waals surface area contributed by atoms with Gasteiger partial charge in [0, 0.05) is 24.0 Å². The van der Waals surface area contributed by atoms with Crippen LogP contribution >= 0.6 is 22.9 Å². The lowest BCUT2D eigenvalue weighted by Gasteiger charge is -2.10. The van der Waals surface area contributed by atoms with E-state index in [1.807, 2.05) is 43.7 Å². The minimum Gasteiger partial charge on any atom is -0.352 e. The molecule has 6 heteroatoms. The smallest absolute Gasteiger partial charge is 0.226 e. The summed E-state index contributed by atoms with van der Waals surface area (Å²) in [6, 6.07) is 15.9. The molecule has 0 saturated heterocycles. The van der Waals surface area contributed by atoms with E-state index in [2.05, 4.69) is 39.5 Å². The molecule has 4 nitrogen and oxygen atoms in total. The first-order chi connectivity index (χ1) is 13.0. The van der Waals surface area contributed by atoms with Gasteiger partial charge in [-0.15, -0.1) is 11.3 Å². The van der Waals surface area contributed by atoms with Gasteiger partial charge in [-0.1, -0.05) is 54.1 Å². The molecule has 3 aromatic rings. The lowest BCUT2D eigenvalue weighted by atomic mass is 10.1. The minimum atomic E-state index is -0.0385. The maximum absolute atomic E-state index is 12.2. The van der Waals surface area contributed by atoms with Crippen LogP contribution in [0.5, 0.6) is 0 Å². The van der Waals surface area contributed by atoms with Gasteiger partial charge in [0.2, 0.25) is 5.91 Å². The van der Waals surface area contributed by atoms with Crippen molar-refractivity contribution in [2.75, 3.05) is 14.1 Å². The molecule has 1 aromatic heterocycles. The summed E-state index contributed by atoms with van der Waals surface area (Å²) in [5.74, 6) is -0.0385. The molecule has 140 valence electrons. The number of halogens is 1. The van der Waals surface area contributed by atoms with Crippen LogP contribution < -0.4 is 5.32 Å². The zero-order valence-electron chi connectivity index (χ0n) is 15.4. The van der Waals surface area contributed by atoms with Crippen LogP contribution in [0.4, 0.5) is 0 Å². The molecule has 1 amide bonds. The molecule has 0 bridgehead atoms.